The molecule has 30 heavy (non-hydrogen) atoms. The summed E-state index contributed by atoms with van der Waals surface area (Å²) < 4.78 is 87.7. The van der Waals surface area contributed by atoms with E-state index >= 15 is 0 Å². The Kier molecular flexibility index (Phi) is 7.06. The van der Waals surface area contributed by atoms with Gasteiger partial charge in [-0.2, -0.15) is 26.3 Å². The van der Waals surface area contributed by atoms with Gasteiger partial charge < -0.3 is 20.1 Å². The molecule has 2 aromatic carbocycles. The van der Waals surface area contributed by atoms with Crippen LogP contribution >= 0.6 is 0 Å². The second kappa shape index (κ2) is 9.14. The Bertz CT molecular complexity index is 865. The molecule has 2 aromatic rings. The average molecular weight is 436 g/mol. The third kappa shape index (κ3) is 5.94. The zero-order chi connectivity index (χ0) is 22.5. The van der Waals surface area contributed by atoms with E-state index in [1.807, 2.05) is 5.32 Å². The summed E-state index contributed by atoms with van der Waals surface area (Å²) in [6.45, 7) is 0.0421. The van der Waals surface area contributed by atoms with Crippen molar-refractivity contribution in [1.82, 2.24) is 5.32 Å². The highest BCUT2D eigenvalue weighted by molar-refractivity contribution is 5.89. The molecule has 164 valence electrons. The molecule has 0 aliphatic rings. The van der Waals surface area contributed by atoms with Gasteiger partial charge in [-0.25, -0.2) is 4.79 Å². The van der Waals surface area contributed by atoms with Gasteiger partial charge in [-0.3, -0.25) is 0 Å². The van der Waals surface area contributed by atoms with Gasteiger partial charge in [0.25, 0.3) is 0 Å². The van der Waals surface area contributed by atoms with E-state index in [1.54, 1.807) is 18.2 Å². The Balaban J connectivity index is 2.08. The minimum atomic E-state index is -5.00. The molecule has 0 aliphatic heterocycles. The van der Waals surface area contributed by atoms with Crippen molar-refractivity contribution in [3.05, 3.63) is 53.1 Å². The summed E-state index contributed by atoms with van der Waals surface area (Å²) in [5.41, 5.74) is -2.98. The number of ether oxygens (including phenoxy) is 2. The largest absolute Gasteiger partial charge is 0.493 e. The second-order valence-corrected chi connectivity index (χ2v) is 6.08. The molecule has 0 aliphatic carbocycles. The Morgan fingerprint density at radius 2 is 1.53 bits per heavy atom. The molecule has 2 N–H and O–H groups in total. The number of rotatable bonds is 6. The number of hydrogen-bond acceptors (Lipinski definition) is 3. The molecule has 0 radical (unpaired) electrons. The summed E-state index contributed by atoms with van der Waals surface area (Å²) >= 11 is 0. The number of anilines is 1. The Hall–Kier alpha value is -3.11. The Labute approximate surface area is 168 Å². The van der Waals surface area contributed by atoms with Crippen LogP contribution in [0.1, 0.15) is 16.7 Å². The standard InChI is InChI=1S/C19H18F6N2O3/c1-29-15-5-3-4-11(16(15)30-2)6-7-26-17(28)27-14-9-12(18(20,21)22)8-13(10-14)19(23,24)25/h3-5,8-10H,6-7H2,1-2H3,(H2,26,27,28). The predicted octanol–water partition coefficient (Wildman–Crippen LogP) is 5.11. The maximum Gasteiger partial charge on any atom is 0.416 e. The zero-order valence-corrected chi connectivity index (χ0v) is 15.9. The molecule has 0 heterocycles. The molecule has 0 aromatic heterocycles. The normalized spacial score (nSPS) is 11.7. The summed E-state index contributed by atoms with van der Waals surface area (Å²) in [7, 11) is 2.89. The van der Waals surface area contributed by atoms with Crippen LogP contribution in [0.4, 0.5) is 36.8 Å². The van der Waals surface area contributed by atoms with Crippen molar-refractivity contribution < 1.29 is 40.6 Å². The van der Waals surface area contributed by atoms with E-state index in [0.29, 0.717) is 29.2 Å². The smallest absolute Gasteiger partial charge is 0.416 e. The fourth-order valence-corrected chi connectivity index (χ4v) is 2.66. The maximum absolute atomic E-state index is 12.9. The number of carbonyl (C=O) groups is 1. The van der Waals surface area contributed by atoms with Crippen LogP contribution in [0.2, 0.25) is 0 Å². The lowest BCUT2D eigenvalue weighted by Gasteiger charge is -2.15. The van der Waals surface area contributed by atoms with Crippen LogP contribution in [0, 0.1) is 0 Å². The van der Waals surface area contributed by atoms with Gasteiger partial charge >= 0.3 is 18.4 Å². The lowest BCUT2D eigenvalue weighted by molar-refractivity contribution is -0.143. The summed E-state index contributed by atoms with van der Waals surface area (Å²) in [4.78, 5) is 12.0. The van der Waals surface area contributed by atoms with Gasteiger partial charge in [0.1, 0.15) is 0 Å². The number of urea groups is 1. The van der Waals surface area contributed by atoms with Crippen molar-refractivity contribution in [2.45, 2.75) is 18.8 Å². The van der Waals surface area contributed by atoms with E-state index in [9.17, 15) is 31.1 Å². The lowest BCUT2D eigenvalue weighted by Crippen LogP contribution is -2.30. The first kappa shape index (κ1) is 23.2. The molecule has 0 fully saturated rings. The Morgan fingerprint density at radius 3 is 2.03 bits per heavy atom. The molecule has 0 unspecified atom stereocenters. The fourth-order valence-electron chi connectivity index (χ4n) is 2.66. The van der Waals surface area contributed by atoms with E-state index in [4.69, 9.17) is 9.47 Å². The van der Waals surface area contributed by atoms with E-state index in [1.165, 1.54) is 14.2 Å². The van der Waals surface area contributed by atoms with Gasteiger partial charge in [0.15, 0.2) is 11.5 Å². The third-order valence-corrected chi connectivity index (χ3v) is 4.01. The fraction of sp³-hybridized carbons (Fsp3) is 0.316. The number of amides is 2. The van der Waals surface area contributed by atoms with E-state index in [0.717, 1.165) is 0 Å². The van der Waals surface area contributed by atoms with Crippen molar-refractivity contribution in [1.29, 1.82) is 0 Å². The first-order valence-electron chi connectivity index (χ1n) is 8.50. The second-order valence-electron chi connectivity index (χ2n) is 6.08. The maximum atomic E-state index is 12.9. The van der Waals surface area contributed by atoms with Gasteiger partial charge in [-0.1, -0.05) is 12.1 Å². The molecule has 11 heteroatoms. The predicted molar refractivity (Wildman–Crippen MR) is 96.7 cm³/mol. The van der Waals surface area contributed by atoms with Crippen molar-refractivity contribution in [3.8, 4) is 11.5 Å². The number of benzene rings is 2. The number of carbonyl (C=O) groups excluding carboxylic acids is 1. The first-order valence-corrected chi connectivity index (χ1v) is 8.50. The van der Waals surface area contributed by atoms with E-state index in [-0.39, 0.29) is 19.0 Å². The van der Waals surface area contributed by atoms with Crippen LogP contribution in [0.3, 0.4) is 0 Å². The van der Waals surface area contributed by atoms with Crippen LogP contribution in [0.5, 0.6) is 11.5 Å². The highest BCUT2D eigenvalue weighted by Gasteiger charge is 2.37. The molecular formula is C19H18F6N2O3. The van der Waals surface area contributed by atoms with Gasteiger partial charge in [-0.05, 0) is 36.2 Å². The number of halogens is 6. The SMILES string of the molecule is COc1cccc(CCNC(=O)Nc2cc(C(F)(F)F)cc(C(F)(F)F)c2)c1OC. The number of methoxy groups -OCH3 is 2. The van der Waals surface area contributed by atoms with Crippen LogP contribution < -0.4 is 20.1 Å². The topological polar surface area (TPSA) is 59.6 Å². The number of nitrogens with one attached hydrogen (secondary N) is 2. The molecule has 0 spiro atoms. The van der Waals surface area contributed by atoms with Gasteiger partial charge in [0.2, 0.25) is 0 Å². The zero-order valence-electron chi connectivity index (χ0n) is 15.9. The molecule has 2 rings (SSSR count). The van der Waals surface area contributed by atoms with Crippen LogP contribution in [0.15, 0.2) is 36.4 Å². The highest BCUT2D eigenvalue weighted by atomic mass is 19.4. The van der Waals surface area contributed by atoms with Gasteiger partial charge in [-0.15, -0.1) is 0 Å². The molecule has 2 amide bonds. The van der Waals surface area contributed by atoms with Crippen LogP contribution in [-0.2, 0) is 18.8 Å². The summed E-state index contributed by atoms with van der Waals surface area (Å²) in [6, 6.07) is 5.00. The minimum Gasteiger partial charge on any atom is -0.493 e. The molecular weight excluding hydrogens is 418 g/mol. The van der Waals surface area contributed by atoms with E-state index in [2.05, 4.69) is 5.32 Å². The molecule has 0 saturated carbocycles. The number of para-hydroxylation sites is 1. The molecule has 0 atom stereocenters. The van der Waals surface area contributed by atoms with Crippen molar-refractivity contribution >= 4 is 11.7 Å². The highest BCUT2D eigenvalue weighted by Crippen LogP contribution is 2.37. The lowest BCUT2D eigenvalue weighted by atomic mass is 10.1. The Morgan fingerprint density at radius 1 is 0.933 bits per heavy atom. The van der Waals surface area contributed by atoms with Gasteiger partial charge in [0, 0.05) is 12.2 Å². The average Bonchev–Trinajstić information content (AvgIpc) is 2.66. The molecule has 5 nitrogen and oxygen atoms in total. The van der Waals surface area contributed by atoms with E-state index < -0.39 is 35.2 Å². The molecule has 0 bridgehead atoms. The van der Waals surface area contributed by atoms with Crippen LogP contribution in [0.25, 0.3) is 0 Å². The summed E-state index contributed by atoms with van der Waals surface area (Å²) in [6.07, 6.45) is -9.72. The van der Waals surface area contributed by atoms with Crippen molar-refractivity contribution in [3.63, 3.8) is 0 Å². The number of alkyl halides is 6. The van der Waals surface area contributed by atoms with Crippen LogP contribution in [-0.4, -0.2) is 26.8 Å². The molecule has 0 saturated heterocycles. The monoisotopic (exact) mass is 436 g/mol. The van der Waals surface area contributed by atoms with Gasteiger partial charge in [0.05, 0.1) is 25.3 Å². The quantitative estimate of drug-likeness (QED) is 0.619. The van der Waals surface area contributed by atoms with Crippen molar-refractivity contribution in [2.24, 2.45) is 0 Å². The van der Waals surface area contributed by atoms with Crippen molar-refractivity contribution in [2.75, 3.05) is 26.1 Å². The first-order chi connectivity index (χ1) is 14.0. The summed E-state index contributed by atoms with van der Waals surface area (Å²) in [5, 5.41) is 4.37. The summed E-state index contributed by atoms with van der Waals surface area (Å²) in [5.74, 6) is 0.929. The number of hydrogen-bond donors (Lipinski definition) is 2. The minimum absolute atomic E-state index is 0.0157. The third-order valence-electron chi connectivity index (χ3n) is 4.01.